The Bertz CT molecular complexity index is 741. The number of likely N-dealkylation sites (N-methyl/N-ethyl adjacent to an activating group) is 2. The Morgan fingerprint density at radius 3 is 1.50 bits per heavy atom. The molecular formula is C26H42N2O2+2. The van der Waals surface area contributed by atoms with Crippen LogP contribution in [0.1, 0.15) is 30.4 Å². The molecule has 0 fully saturated rings. The summed E-state index contributed by atoms with van der Waals surface area (Å²) in [6.45, 7) is 5.73. The van der Waals surface area contributed by atoms with Crippen LogP contribution in [0.25, 0.3) is 0 Å². The first kappa shape index (κ1) is 24.2. The molecule has 0 amide bonds. The average molecular weight is 415 g/mol. The molecule has 4 nitrogen and oxygen atoms in total. The number of hydrogen-bond donors (Lipinski definition) is 0. The van der Waals surface area contributed by atoms with Crippen molar-refractivity contribution in [3.63, 3.8) is 0 Å². The molecule has 166 valence electrons. The summed E-state index contributed by atoms with van der Waals surface area (Å²) in [7, 11) is 13.1. The van der Waals surface area contributed by atoms with E-state index < -0.39 is 0 Å². The van der Waals surface area contributed by atoms with Crippen LogP contribution in [0, 0.1) is 0 Å². The van der Waals surface area contributed by atoms with Crippen molar-refractivity contribution in [1.82, 2.24) is 0 Å². The maximum Gasteiger partial charge on any atom is 0.137 e. The third kappa shape index (κ3) is 9.19. The van der Waals surface area contributed by atoms with E-state index in [9.17, 15) is 0 Å². The fraction of sp³-hybridized carbons (Fsp3) is 0.538. The van der Waals surface area contributed by atoms with Gasteiger partial charge in [0.05, 0.1) is 42.3 Å². The lowest BCUT2D eigenvalue weighted by atomic mass is 9.90. The molecule has 0 saturated heterocycles. The van der Waals surface area contributed by atoms with Crippen molar-refractivity contribution in [1.29, 1.82) is 0 Å². The Labute approximate surface area is 184 Å². The van der Waals surface area contributed by atoms with E-state index in [2.05, 4.69) is 97.7 Å². The minimum Gasteiger partial charge on any atom is -0.488 e. The summed E-state index contributed by atoms with van der Waals surface area (Å²) in [5, 5.41) is 0. The molecule has 0 spiro atoms. The maximum absolute atomic E-state index is 5.90. The zero-order valence-electron chi connectivity index (χ0n) is 20.1. The van der Waals surface area contributed by atoms with E-state index >= 15 is 0 Å². The molecule has 1 unspecified atom stereocenters. The summed E-state index contributed by atoms with van der Waals surface area (Å²) in [4.78, 5) is 0. The second kappa shape index (κ2) is 10.8. The number of rotatable bonds is 12. The molecule has 2 aromatic carbocycles. The molecule has 0 radical (unpaired) electrons. The topological polar surface area (TPSA) is 18.5 Å². The summed E-state index contributed by atoms with van der Waals surface area (Å²) in [6, 6.07) is 17.3. The second-order valence-electron chi connectivity index (χ2n) is 10.2. The van der Waals surface area contributed by atoms with Crippen LogP contribution in [0.15, 0.2) is 48.5 Å². The summed E-state index contributed by atoms with van der Waals surface area (Å²) >= 11 is 0. The largest absolute Gasteiger partial charge is 0.488 e. The van der Waals surface area contributed by atoms with Gasteiger partial charge in [-0.05, 0) is 54.2 Å². The van der Waals surface area contributed by atoms with Crippen molar-refractivity contribution in [3.8, 4) is 11.5 Å². The number of quaternary nitrogens is 2. The summed E-state index contributed by atoms with van der Waals surface area (Å²) in [5.41, 5.74) is 2.73. The molecule has 0 aliphatic carbocycles. The highest BCUT2D eigenvalue weighted by Gasteiger charge is 2.12. The highest BCUT2D eigenvalue weighted by Crippen LogP contribution is 2.27. The van der Waals surface area contributed by atoms with Gasteiger partial charge in [0.2, 0.25) is 0 Å². The Balaban J connectivity index is 1.88. The van der Waals surface area contributed by atoms with Crippen LogP contribution >= 0.6 is 0 Å². The van der Waals surface area contributed by atoms with Gasteiger partial charge in [-0.3, -0.25) is 0 Å². The van der Waals surface area contributed by atoms with Gasteiger partial charge in [-0.15, -0.1) is 0 Å². The molecular weight excluding hydrogens is 372 g/mol. The quantitative estimate of drug-likeness (QED) is 0.473. The molecule has 0 N–H and O–H groups in total. The van der Waals surface area contributed by atoms with Crippen molar-refractivity contribution >= 4 is 0 Å². The second-order valence-corrected chi connectivity index (χ2v) is 10.2. The molecule has 2 aromatic rings. The van der Waals surface area contributed by atoms with Crippen LogP contribution in [-0.4, -0.2) is 77.6 Å². The third-order valence-corrected chi connectivity index (χ3v) is 5.31. The molecule has 0 bridgehead atoms. The normalized spacial score (nSPS) is 13.2. The van der Waals surface area contributed by atoms with Gasteiger partial charge in [0.15, 0.2) is 0 Å². The molecule has 2 rings (SSSR count). The third-order valence-electron chi connectivity index (χ3n) is 5.31. The lowest BCUT2D eigenvalue weighted by Gasteiger charge is -2.23. The first-order valence-electron chi connectivity index (χ1n) is 11.1. The first-order chi connectivity index (χ1) is 14.1. The van der Waals surface area contributed by atoms with Gasteiger partial charge in [-0.25, -0.2) is 0 Å². The average Bonchev–Trinajstić information content (AvgIpc) is 2.66. The monoisotopic (exact) mass is 414 g/mol. The molecule has 0 aromatic heterocycles. The molecule has 0 aliphatic rings. The SMILES string of the molecule is CCC(Cc1ccc(OCC[N+](C)(C)C)cc1)c1ccc(OCC[N+](C)(C)C)cc1. The maximum atomic E-state index is 5.90. The summed E-state index contributed by atoms with van der Waals surface area (Å²) in [5.74, 6) is 2.42. The van der Waals surface area contributed by atoms with Gasteiger partial charge in [0, 0.05) is 0 Å². The predicted molar refractivity (Wildman–Crippen MR) is 126 cm³/mol. The Morgan fingerprint density at radius 2 is 1.10 bits per heavy atom. The molecule has 1 atom stereocenters. The zero-order valence-corrected chi connectivity index (χ0v) is 20.1. The Morgan fingerprint density at radius 1 is 0.667 bits per heavy atom. The first-order valence-corrected chi connectivity index (χ1v) is 11.1. The Kier molecular flexibility index (Phi) is 8.75. The smallest absolute Gasteiger partial charge is 0.137 e. The van der Waals surface area contributed by atoms with Crippen molar-refractivity contribution in [2.45, 2.75) is 25.7 Å². The van der Waals surface area contributed by atoms with E-state index in [-0.39, 0.29) is 0 Å². The van der Waals surface area contributed by atoms with Gasteiger partial charge in [-0.2, -0.15) is 0 Å². The van der Waals surface area contributed by atoms with E-state index in [1.54, 1.807) is 0 Å². The number of nitrogens with zero attached hydrogens (tertiary/aromatic N) is 2. The minimum absolute atomic E-state index is 0.509. The van der Waals surface area contributed by atoms with E-state index in [1.165, 1.54) is 11.1 Å². The zero-order chi connectivity index (χ0) is 22.2. The summed E-state index contributed by atoms with van der Waals surface area (Å²) in [6.07, 6.45) is 2.15. The number of ether oxygens (including phenoxy) is 2. The standard InChI is InChI=1S/C26H42N2O2/c1-8-23(24-11-15-26(16-12-24)30-20-18-28(5,6)7)21-22-9-13-25(14-10-22)29-19-17-27(2,3)4/h9-16,23H,8,17-21H2,1-7H3/q+2. The van der Waals surface area contributed by atoms with Crippen LogP contribution in [0.5, 0.6) is 11.5 Å². The fourth-order valence-corrected chi connectivity index (χ4v) is 3.22. The van der Waals surface area contributed by atoms with Crippen molar-refractivity contribution in [2.24, 2.45) is 0 Å². The highest BCUT2D eigenvalue weighted by molar-refractivity contribution is 5.32. The molecule has 0 heterocycles. The van der Waals surface area contributed by atoms with Crippen LogP contribution < -0.4 is 9.47 Å². The number of benzene rings is 2. The molecule has 0 aliphatic heterocycles. The highest BCUT2D eigenvalue weighted by atomic mass is 16.5. The van der Waals surface area contributed by atoms with Crippen LogP contribution in [-0.2, 0) is 6.42 Å². The van der Waals surface area contributed by atoms with E-state index in [4.69, 9.17) is 9.47 Å². The fourth-order valence-electron chi connectivity index (χ4n) is 3.22. The molecule has 4 heteroatoms. The lowest BCUT2D eigenvalue weighted by molar-refractivity contribution is -0.870. The minimum atomic E-state index is 0.509. The molecule has 30 heavy (non-hydrogen) atoms. The van der Waals surface area contributed by atoms with E-state index in [1.807, 2.05) is 0 Å². The van der Waals surface area contributed by atoms with Crippen LogP contribution in [0.2, 0.25) is 0 Å². The van der Waals surface area contributed by atoms with Crippen molar-refractivity contribution in [2.75, 3.05) is 68.6 Å². The lowest BCUT2D eigenvalue weighted by Crippen LogP contribution is -2.38. The summed E-state index contributed by atoms with van der Waals surface area (Å²) < 4.78 is 13.6. The molecule has 0 saturated carbocycles. The Hall–Kier alpha value is -2.04. The van der Waals surface area contributed by atoms with Gasteiger partial charge >= 0.3 is 0 Å². The van der Waals surface area contributed by atoms with Gasteiger partial charge in [-0.1, -0.05) is 31.2 Å². The van der Waals surface area contributed by atoms with Gasteiger partial charge < -0.3 is 18.4 Å². The van der Waals surface area contributed by atoms with Crippen molar-refractivity contribution < 1.29 is 18.4 Å². The van der Waals surface area contributed by atoms with Gasteiger partial charge in [0.25, 0.3) is 0 Å². The van der Waals surface area contributed by atoms with E-state index in [0.29, 0.717) is 5.92 Å². The van der Waals surface area contributed by atoms with Crippen LogP contribution in [0.3, 0.4) is 0 Å². The van der Waals surface area contributed by atoms with Crippen LogP contribution in [0.4, 0.5) is 0 Å². The predicted octanol–water partition coefficient (Wildman–Crippen LogP) is 4.59. The van der Waals surface area contributed by atoms with E-state index in [0.717, 1.165) is 59.6 Å². The van der Waals surface area contributed by atoms with Gasteiger partial charge in [0.1, 0.15) is 37.8 Å². The van der Waals surface area contributed by atoms with Crippen molar-refractivity contribution in [3.05, 3.63) is 59.7 Å². The number of hydrogen-bond acceptors (Lipinski definition) is 2.